The Labute approximate surface area is 225 Å². The second-order valence-corrected chi connectivity index (χ2v) is 11.4. The van der Waals surface area contributed by atoms with Crippen LogP contribution >= 0.6 is 11.8 Å². The Kier molecular flexibility index (Phi) is 8.00. The first-order valence-corrected chi connectivity index (χ1v) is 13.4. The standard InChI is InChI=1S/C26H33N5O6S/c1-14(2)21(28-24(34)37-26(3,4)5)22-29-30-25(36-22)38-13-20(32)31-12-18-16(11-19(31)23(33)35-6)15-9-7-8-10-17(15)27-18/h7-10,14,19,21,27H,11-13H2,1-6H3,(H,28,34)/t19-,21+/m0/s1. The maximum absolute atomic E-state index is 13.3. The van der Waals surface area contributed by atoms with Crippen LogP contribution in [0.15, 0.2) is 33.9 Å². The highest BCUT2D eigenvalue weighted by Crippen LogP contribution is 2.32. The van der Waals surface area contributed by atoms with Gasteiger partial charge >= 0.3 is 12.1 Å². The SMILES string of the molecule is COC(=O)[C@@H]1Cc2c([nH]c3ccccc23)CN1C(=O)CSc1nnc([C@H](NC(=O)OC(C)(C)C)C(C)C)o1. The van der Waals surface area contributed by atoms with Crippen LogP contribution in [0.25, 0.3) is 10.9 Å². The molecular formula is C26H33N5O6S. The van der Waals surface area contributed by atoms with Gasteiger partial charge in [0.05, 0.1) is 19.4 Å². The number of ether oxygens (including phenoxy) is 2. The summed E-state index contributed by atoms with van der Waals surface area (Å²) in [5, 5.41) is 12.1. The molecule has 2 amide bonds. The molecule has 0 aliphatic carbocycles. The Morgan fingerprint density at radius 3 is 2.66 bits per heavy atom. The van der Waals surface area contributed by atoms with Crippen LogP contribution in [0.2, 0.25) is 0 Å². The molecule has 0 saturated carbocycles. The average molecular weight is 544 g/mol. The predicted octanol–water partition coefficient (Wildman–Crippen LogP) is 3.99. The van der Waals surface area contributed by atoms with Gasteiger partial charge in [-0.2, -0.15) is 0 Å². The summed E-state index contributed by atoms with van der Waals surface area (Å²) in [7, 11) is 1.32. The van der Waals surface area contributed by atoms with Gasteiger partial charge in [0, 0.05) is 23.0 Å². The second-order valence-electron chi connectivity index (χ2n) is 10.5. The number of carbonyl (C=O) groups excluding carboxylic acids is 3. The van der Waals surface area contributed by atoms with Crippen LogP contribution in [0.5, 0.6) is 0 Å². The molecule has 2 N–H and O–H groups in total. The maximum Gasteiger partial charge on any atom is 0.408 e. The van der Waals surface area contributed by atoms with Crippen molar-refractivity contribution in [2.24, 2.45) is 5.92 Å². The molecule has 2 aromatic heterocycles. The highest BCUT2D eigenvalue weighted by atomic mass is 32.2. The van der Waals surface area contributed by atoms with E-state index in [1.807, 2.05) is 38.1 Å². The molecule has 0 fully saturated rings. The molecule has 204 valence electrons. The Hall–Kier alpha value is -3.54. The van der Waals surface area contributed by atoms with E-state index in [1.54, 1.807) is 20.8 Å². The molecular weight excluding hydrogens is 510 g/mol. The number of rotatable bonds is 7. The minimum absolute atomic E-state index is 0.0173. The lowest BCUT2D eigenvalue weighted by Gasteiger charge is -2.33. The largest absolute Gasteiger partial charge is 0.467 e. The van der Waals surface area contributed by atoms with Crippen molar-refractivity contribution in [2.45, 2.75) is 70.5 Å². The fourth-order valence-corrected chi connectivity index (χ4v) is 5.03. The van der Waals surface area contributed by atoms with E-state index < -0.39 is 29.7 Å². The van der Waals surface area contributed by atoms with E-state index in [4.69, 9.17) is 13.9 Å². The smallest absolute Gasteiger partial charge is 0.408 e. The summed E-state index contributed by atoms with van der Waals surface area (Å²) in [6.45, 7) is 9.41. The number of carbonyl (C=O) groups is 3. The number of benzene rings is 1. The number of amides is 2. The lowest BCUT2D eigenvalue weighted by molar-refractivity contribution is -0.153. The van der Waals surface area contributed by atoms with E-state index >= 15 is 0 Å². The van der Waals surface area contributed by atoms with Gasteiger partial charge < -0.3 is 29.1 Å². The third-order valence-electron chi connectivity index (χ3n) is 6.14. The zero-order valence-electron chi connectivity index (χ0n) is 22.4. The van der Waals surface area contributed by atoms with E-state index in [9.17, 15) is 14.4 Å². The number of thioether (sulfide) groups is 1. The molecule has 11 nitrogen and oxygen atoms in total. The minimum Gasteiger partial charge on any atom is -0.467 e. The van der Waals surface area contributed by atoms with Gasteiger partial charge in [-0.1, -0.05) is 43.8 Å². The molecule has 0 saturated heterocycles. The summed E-state index contributed by atoms with van der Waals surface area (Å²) in [6, 6.07) is 6.56. The zero-order chi connectivity index (χ0) is 27.6. The second kappa shape index (κ2) is 11.1. The summed E-state index contributed by atoms with van der Waals surface area (Å²) in [4.78, 5) is 43.1. The van der Waals surface area contributed by atoms with Crippen molar-refractivity contribution in [1.29, 1.82) is 0 Å². The normalized spacial score (nSPS) is 16.3. The first-order chi connectivity index (χ1) is 18.0. The molecule has 0 radical (unpaired) electrons. The molecule has 1 aliphatic rings. The molecule has 38 heavy (non-hydrogen) atoms. The van der Waals surface area contributed by atoms with Crippen molar-refractivity contribution in [2.75, 3.05) is 12.9 Å². The van der Waals surface area contributed by atoms with Crippen LogP contribution in [0, 0.1) is 5.92 Å². The van der Waals surface area contributed by atoms with Crippen LogP contribution in [0.4, 0.5) is 4.79 Å². The molecule has 3 aromatic rings. The molecule has 1 aliphatic heterocycles. The number of esters is 1. The molecule has 0 unspecified atom stereocenters. The van der Waals surface area contributed by atoms with Crippen LogP contribution < -0.4 is 5.32 Å². The van der Waals surface area contributed by atoms with Crippen molar-refractivity contribution in [3.63, 3.8) is 0 Å². The highest BCUT2D eigenvalue weighted by molar-refractivity contribution is 7.99. The van der Waals surface area contributed by atoms with E-state index in [1.165, 1.54) is 12.0 Å². The van der Waals surface area contributed by atoms with Gasteiger partial charge in [-0.3, -0.25) is 4.79 Å². The van der Waals surface area contributed by atoms with Crippen molar-refractivity contribution in [3.8, 4) is 0 Å². The number of para-hydroxylation sites is 1. The topological polar surface area (TPSA) is 140 Å². The average Bonchev–Trinajstić information content (AvgIpc) is 3.47. The van der Waals surface area contributed by atoms with Gasteiger partial charge in [-0.05, 0) is 38.3 Å². The van der Waals surface area contributed by atoms with Crippen molar-refractivity contribution < 1.29 is 28.3 Å². The van der Waals surface area contributed by atoms with E-state index in [2.05, 4.69) is 20.5 Å². The molecule has 1 aromatic carbocycles. The minimum atomic E-state index is -0.735. The summed E-state index contributed by atoms with van der Waals surface area (Å²) < 4.78 is 16.1. The maximum atomic E-state index is 13.3. The Morgan fingerprint density at radius 2 is 1.97 bits per heavy atom. The van der Waals surface area contributed by atoms with E-state index in [-0.39, 0.29) is 35.2 Å². The number of aromatic nitrogens is 3. The van der Waals surface area contributed by atoms with E-state index in [0.717, 1.165) is 33.9 Å². The van der Waals surface area contributed by atoms with Crippen LogP contribution in [-0.4, -0.2) is 62.6 Å². The lowest BCUT2D eigenvalue weighted by Crippen LogP contribution is -2.49. The third kappa shape index (κ3) is 6.12. The van der Waals surface area contributed by atoms with Crippen LogP contribution in [0.3, 0.4) is 0 Å². The number of nitrogens with zero attached hydrogens (tertiary/aromatic N) is 3. The van der Waals surface area contributed by atoms with Gasteiger partial charge in [0.1, 0.15) is 17.7 Å². The molecule has 2 atom stereocenters. The van der Waals surface area contributed by atoms with Crippen molar-refractivity contribution >= 4 is 40.6 Å². The first kappa shape index (κ1) is 27.5. The van der Waals surface area contributed by atoms with Gasteiger partial charge in [-0.25, -0.2) is 9.59 Å². The molecule has 0 spiro atoms. The predicted molar refractivity (Wildman–Crippen MR) is 140 cm³/mol. The number of alkyl carbamates (subject to hydrolysis) is 1. The molecule has 12 heteroatoms. The Morgan fingerprint density at radius 1 is 1.24 bits per heavy atom. The number of methoxy groups -OCH3 is 1. The summed E-state index contributed by atoms with van der Waals surface area (Å²) >= 11 is 1.07. The molecule has 0 bridgehead atoms. The Bertz CT molecular complexity index is 1330. The van der Waals surface area contributed by atoms with Gasteiger partial charge in [0.2, 0.25) is 11.8 Å². The quantitative estimate of drug-likeness (QED) is 0.334. The van der Waals surface area contributed by atoms with Gasteiger partial charge in [0.25, 0.3) is 5.22 Å². The summed E-state index contributed by atoms with van der Waals surface area (Å²) in [6.07, 6.45) is -0.228. The number of H-pyrrole nitrogens is 1. The number of hydrogen-bond acceptors (Lipinski definition) is 9. The van der Waals surface area contributed by atoms with Crippen molar-refractivity contribution in [1.82, 2.24) is 25.4 Å². The molecule has 4 rings (SSSR count). The van der Waals surface area contributed by atoms with Crippen molar-refractivity contribution in [3.05, 3.63) is 41.4 Å². The summed E-state index contributed by atoms with van der Waals surface area (Å²) in [5.41, 5.74) is 2.23. The monoisotopic (exact) mass is 543 g/mol. The Balaban J connectivity index is 1.45. The van der Waals surface area contributed by atoms with E-state index in [0.29, 0.717) is 6.42 Å². The van der Waals surface area contributed by atoms with Crippen LogP contribution in [-0.2, 0) is 32.0 Å². The van der Waals surface area contributed by atoms with Crippen LogP contribution in [0.1, 0.15) is 57.8 Å². The number of aromatic amines is 1. The highest BCUT2D eigenvalue weighted by Gasteiger charge is 2.37. The summed E-state index contributed by atoms with van der Waals surface area (Å²) in [5.74, 6) is -0.582. The lowest BCUT2D eigenvalue weighted by atomic mass is 9.96. The third-order valence-corrected chi connectivity index (χ3v) is 6.95. The number of fused-ring (bicyclic) bond motifs is 3. The fourth-order valence-electron chi connectivity index (χ4n) is 4.38. The number of nitrogens with one attached hydrogen (secondary N) is 2. The molecule has 3 heterocycles. The first-order valence-electron chi connectivity index (χ1n) is 12.4. The zero-order valence-corrected chi connectivity index (χ0v) is 23.2. The number of hydrogen-bond donors (Lipinski definition) is 2. The van der Waals surface area contributed by atoms with Gasteiger partial charge in [0.15, 0.2) is 0 Å². The van der Waals surface area contributed by atoms with Gasteiger partial charge in [-0.15, -0.1) is 10.2 Å². The fraction of sp³-hybridized carbons (Fsp3) is 0.500.